The van der Waals surface area contributed by atoms with Gasteiger partial charge in [-0.1, -0.05) is 20.3 Å². The zero-order chi connectivity index (χ0) is 23.3. The average molecular weight is 431 g/mol. The van der Waals surface area contributed by atoms with Crippen molar-refractivity contribution in [3.8, 4) is 5.75 Å². The van der Waals surface area contributed by atoms with E-state index in [0.29, 0.717) is 34.3 Å². The molecule has 0 aliphatic rings. The number of fused-ring (bicyclic) bond motifs is 1. The molecule has 1 heterocycles. The third-order valence-electron chi connectivity index (χ3n) is 5.44. The second-order valence-electron chi connectivity index (χ2n) is 7.47. The molecule has 2 amide bonds. The Labute approximate surface area is 179 Å². The van der Waals surface area contributed by atoms with Gasteiger partial charge >= 0.3 is 5.63 Å². The fraction of sp³-hybridized carbons (Fsp3) is 0.455. The number of rotatable bonds is 9. The van der Waals surface area contributed by atoms with Crippen LogP contribution >= 0.6 is 0 Å². The molecule has 168 valence electrons. The summed E-state index contributed by atoms with van der Waals surface area (Å²) < 4.78 is 10.7. The van der Waals surface area contributed by atoms with Gasteiger partial charge in [0.15, 0.2) is 0 Å². The van der Waals surface area contributed by atoms with Crippen LogP contribution in [0.3, 0.4) is 0 Å². The van der Waals surface area contributed by atoms with Crippen LogP contribution in [0.25, 0.3) is 11.0 Å². The van der Waals surface area contributed by atoms with Crippen LogP contribution in [0.2, 0.25) is 0 Å². The average Bonchev–Trinajstić information content (AvgIpc) is 2.73. The molecule has 31 heavy (non-hydrogen) atoms. The summed E-state index contributed by atoms with van der Waals surface area (Å²) in [6.07, 6.45) is 0.255. The molecule has 1 aromatic heterocycles. The van der Waals surface area contributed by atoms with E-state index in [4.69, 9.17) is 9.15 Å². The molecule has 0 aliphatic carbocycles. The number of hydrogen-bond acceptors (Lipinski definition) is 7. The Hall–Kier alpha value is -3.36. The van der Waals surface area contributed by atoms with E-state index < -0.39 is 36.0 Å². The monoisotopic (exact) mass is 431 g/mol. The van der Waals surface area contributed by atoms with Gasteiger partial charge < -0.3 is 29.7 Å². The molecule has 2 aromatic rings. The third-order valence-corrected chi connectivity index (χ3v) is 5.44. The number of aryl methyl sites for hydroxylation is 2. The van der Waals surface area contributed by atoms with Gasteiger partial charge in [0, 0.05) is 10.9 Å². The number of carbonyl (C=O) groups excluding carboxylic acids is 3. The summed E-state index contributed by atoms with van der Waals surface area (Å²) in [6.45, 7) is 6.54. The standard InChI is InChI=1S/C22H28N2O7/c1-6-11(2)19(21(27)28)24-18(26)10-23-17(25)9-15-12(3)14-7-8-16(30-5)13(4)20(14)31-22(15)29/h7-8,11,19H,6,9-10H2,1-5H3,(H,23,25)(H,24,26)(H,27,28)/p-1/t11-,19+/m1/s1. The Morgan fingerprint density at radius 2 is 1.84 bits per heavy atom. The van der Waals surface area contributed by atoms with Crippen LogP contribution in [0.15, 0.2) is 21.3 Å². The second-order valence-corrected chi connectivity index (χ2v) is 7.47. The Bertz CT molecular complexity index is 1060. The highest BCUT2D eigenvalue weighted by molar-refractivity contribution is 5.90. The van der Waals surface area contributed by atoms with E-state index in [1.165, 1.54) is 7.11 Å². The molecular formula is C22H27N2O7-. The summed E-state index contributed by atoms with van der Waals surface area (Å²) in [5.41, 5.74) is 1.21. The van der Waals surface area contributed by atoms with E-state index in [1.807, 2.05) is 0 Å². The van der Waals surface area contributed by atoms with Crippen molar-refractivity contribution in [2.24, 2.45) is 5.92 Å². The van der Waals surface area contributed by atoms with Gasteiger partial charge in [-0.3, -0.25) is 9.59 Å². The Morgan fingerprint density at radius 1 is 1.16 bits per heavy atom. The molecule has 0 spiro atoms. The summed E-state index contributed by atoms with van der Waals surface area (Å²) in [7, 11) is 1.52. The SMILES string of the molecule is CC[C@@H](C)[C@H](NC(=O)CNC(=O)Cc1c(C)c2ccc(OC)c(C)c2oc1=O)C(=O)[O-]. The third kappa shape index (κ3) is 5.42. The van der Waals surface area contributed by atoms with Gasteiger partial charge in [-0.25, -0.2) is 4.79 Å². The lowest BCUT2D eigenvalue weighted by atomic mass is 9.99. The summed E-state index contributed by atoms with van der Waals surface area (Å²) in [4.78, 5) is 48.0. The second kappa shape index (κ2) is 10.1. The van der Waals surface area contributed by atoms with Crippen molar-refractivity contribution in [1.82, 2.24) is 10.6 Å². The molecule has 0 saturated heterocycles. The molecule has 1 aromatic carbocycles. The molecule has 0 bridgehead atoms. The lowest BCUT2D eigenvalue weighted by Crippen LogP contribution is -2.53. The van der Waals surface area contributed by atoms with Crippen LogP contribution in [-0.2, 0) is 20.8 Å². The predicted molar refractivity (Wildman–Crippen MR) is 112 cm³/mol. The minimum Gasteiger partial charge on any atom is -0.548 e. The van der Waals surface area contributed by atoms with Crippen molar-refractivity contribution in [3.05, 3.63) is 39.2 Å². The molecule has 2 rings (SSSR count). The number of hydrogen-bond donors (Lipinski definition) is 2. The maximum Gasteiger partial charge on any atom is 0.340 e. The topological polar surface area (TPSA) is 138 Å². The van der Waals surface area contributed by atoms with E-state index in [-0.39, 0.29) is 17.9 Å². The van der Waals surface area contributed by atoms with E-state index in [2.05, 4.69) is 10.6 Å². The molecule has 9 nitrogen and oxygen atoms in total. The number of ether oxygens (including phenoxy) is 1. The number of carboxylic acids is 1. The first-order chi connectivity index (χ1) is 14.6. The minimum atomic E-state index is -1.38. The van der Waals surface area contributed by atoms with Gasteiger partial charge in [-0.2, -0.15) is 0 Å². The highest BCUT2D eigenvalue weighted by atomic mass is 16.5. The van der Waals surface area contributed by atoms with E-state index >= 15 is 0 Å². The number of methoxy groups -OCH3 is 1. The first-order valence-corrected chi connectivity index (χ1v) is 9.97. The number of nitrogens with one attached hydrogen (secondary N) is 2. The van der Waals surface area contributed by atoms with Crippen molar-refractivity contribution in [3.63, 3.8) is 0 Å². The zero-order valence-electron chi connectivity index (χ0n) is 18.3. The van der Waals surface area contributed by atoms with Gasteiger partial charge in [-0.15, -0.1) is 0 Å². The van der Waals surface area contributed by atoms with Gasteiger partial charge in [0.25, 0.3) is 0 Å². The lowest BCUT2D eigenvalue weighted by molar-refractivity contribution is -0.309. The maximum atomic E-state index is 12.5. The van der Waals surface area contributed by atoms with Crippen LogP contribution in [0.4, 0.5) is 0 Å². The van der Waals surface area contributed by atoms with Crippen LogP contribution in [0.5, 0.6) is 5.75 Å². The zero-order valence-corrected chi connectivity index (χ0v) is 18.3. The molecular weight excluding hydrogens is 404 g/mol. The molecule has 0 radical (unpaired) electrons. The summed E-state index contributed by atoms with van der Waals surface area (Å²) in [6, 6.07) is 2.36. The van der Waals surface area contributed by atoms with Crippen LogP contribution < -0.4 is 26.1 Å². The number of aliphatic carboxylic acids is 1. The largest absolute Gasteiger partial charge is 0.548 e. The van der Waals surface area contributed by atoms with Gasteiger partial charge in [0.05, 0.1) is 37.6 Å². The van der Waals surface area contributed by atoms with Crippen molar-refractivity contribution in [2.45, 2.75) is 46.6 Å². The van der Waals surface area contributed by atoms with Gasteiger partial charge in [0.1, 0.15) is 11.3 Å². The highest BCUT2D eigenvalue weighted by Crippen LogP contribution is 2.29. The summed E-state index contributed by atoms with van der Waals surface area (Å²) in [5, 5.41) is 16.6. The number of benzene rings is 1. The van der Waals surface area contributed by atoms with E-state index in [9.17, 15) is 24.3 Å². The van der Waals surface area contributed by atoms with Crippen molar-refractivity contribution < 1.29 is 28.6 Å². The van der Waals surface area contributed by atoms with Crippen molar-refractivity contribution in [1.29, 1.82) is 0 Å². The molecule has 9 heteroatoms. The molecule has 2 N–H and O–H groups in total. The molecule has 0 saturated carbocycles. The van der Waals surface area contributed by atoms with Crippen LogP contribution in [0.1, 0.15) is 37.0 Å². The fourth-order valence-corrected chi connectivity index (χ4v) is 3.29. The summed E-state index contributed by atoms with van der Waals surface area (Å²) >= 11 is 0. The Kier molecular flexibility index (Phi) is 7.79. The molecule has 0 aliphatic heterocycles. The fourth-order valence-electron chi connectivity index (χ4n) is 3.29. The van der Waals surface area contributed by atoms with E-state index in [0.717, 1.165) is 0 Å². The van der Waals surface area contributed by atoms with Crippen LogP contribution in [0, 0.1) is 19.8 Å². The Morgan fingerprint density at radius 3 is 2.42 bits per heavy atom. The maximum absolute atomic E-state index is 12.5. The first kappa shape index (κ1) is 23.9. The predicted octanol–water partition coefficient (Wildman–Crippen LogP) is 0.358. The number of amides is 2. The number of carboxylic acid groups (broad SMARTS) is 1. The van der Waals surface area contributed by atoms with Gasteiger partial charge in [-0.05, 0) is 37.5 Å². The molecule has 2 atom stereocenters. The smallest absolute Gasteiger partial charge is 0.340 e. The first-order valence-electron chi connectivity index (χ1n) is 9.97. The van der Waals surface area contributed by atoms with Crippen molar-refractivity contribution >= 4 is 28.8 Å². The van der Waals surface area contributed by atoms with Crippen molar-refractivity contribution in [2.75, 3.05) is 13.7 Å². The highest BCUT2D eigenvalue weighted by Gasteiger charge is 2.21. The molecule has 0 unspecified atom stereocenters. The quantitative estimate of drug-likeness (QED) is 0.547. The van der Waals surface area contributed by atoms with Crippen LogP contribution in [-0.4, -0.2) is 37.5 Å². The lowest BCUT2D eigenvalue weighted by Gasteiger charge is -2.25. The normalized spacial score (nSPS) is 12.8. The summed E-state index contributed by atoms with van der Waals surface area (Å²) in [5.74, 6) is -2.35. The van der Waals surface area contributed by atoms with Gasteiger partial charge in [0.2, 0.25) is 11.8 Å². The minimum absolute atomic E-state index is 0.183. The number of carbonyl (C=O) groups is 3. The molecule has 0 fully saturated rings. The Balaban J connectivity index is 2.11. The van der Waals surface area contributed by atoms with E-state index in [1.54, 1.807) is 39.8 Å².